The summed E-state index contributed by atoms with van der Waals surface area (Å²) >= 11 is 1.01. The van der Waals surface area contributed by atoms with E-state index in [1.807, 2.05) is 25.5 Å². The minimum atomic E-state index is -4.63. The molecule has 0 aliphatic carbocycles. The molecule has 10 heteroatoms. The summed E-state index contributed by atoms with van der Waals surface area (Å²) < 4.78 is 44.1. The average Bonchev–Trinajstić information content (AvgIpc) is 3.41. The van der Waals surface area contributed by atoms with Crippen molar-refractivity contribution in [1.82, 2.24) is 24.5 Å². The fraction of sp³-hybridized carbons (Fsp3) is 0.318. The molecule has 1 amide bonds. The molecule has 4 aromatic rings. The van der Waals surface area contributed by atoms with Gasteiger partial charge in [0, 0.05) is 36.8 Å². The van der Waals surface area contributed by atoms with Crippen LogP contribution in [0, 0.1) is 13.8 Å². The van der Waals surface area contributed by atoms with Gasteiger partial charge in [-0.1, -0.05) is 18.2 Å². The van der Waals surface area contributed by atoms with Gasteiger partial charge in [-0.15, -0.1) is 11.3 Å². The van der Waals surface area contributed by atoms with Gasteiger partial charge in [-0.05, 0) is 39.0 Å². The van der Waals surface area contributed by atoms with Crippen LogP contribution in [0.4, 0.5) is 13.2 Å². The second-order valence-electron chi connectivity index (χ2n) is 7.55. The normalized spacial score (nSPS) is 12.0. The Kier molecular flexibility index (Phi) is 5.58. The Balaban J connectivity index is 1.72. The molecular weight excluding hydrogens is 439 g/mol. The van der Waals surface area contributed by atoms with Gasteiger partial charge in [-0.2, -0.15) is 23.4 Å². The molecule has 0 spiro atoms. The van der Waals surface area contributed by atoms with Crippen molar-refractivity contribution >= 4 is 27.5 Å². The zero-order valence-electron chi connectivity index (χ0n) is 18.1. The van der Waals surface area contributed by atoms with Crippen molar-refractivity contribution in [3.05, 3.63) is 63.9 Å². The van der Waals surface area contributed by atoms with E-state index in [-0.39, 0.29) is 21.0 Å². The van der Waals surface area contributed by atoms with Crippen molar-refractivity contribution in [3.8, 4) is 5.69 Å². The summed E-state index contributed by atoms with van der Waals surface area (Å²) in [5.41, 5.74) is 2.25. The van der Waals surface area contributed by atoms with Gasteiger partial charge in [0.2, 0.25) is 0 Å². The highest BCUT2D eigenvalue weighted by molar-refractivity contribution is 7.20. The lowest BCUT2D eigenvalue weighted by Crippen LogP contribution is -2.26. The Morgan fingerprint density at radius 2 is 1.84 bits per heavy atom. The third-order valence-electron chi connectivity index (χ3n) is 5.41. The van der Waals surface area contributed by atoms with Crippen molar-refractivity contribution in [1.29, 1.82) is 0 Å². The van der Waals surface area contributed by atoms with Gasteiger partial charge in [0.05, 0.1) is 16.3 Å². The molecule has 0 unspecified atom stereocenters. The third kappa shape index (κ3) is 3.79. The second-order valence-corrected chi connectivity index (χ2v) is 8.58. The number of thiophene rings is 1. The molecule has 0 aliphatic rings. The fourth-order valence-corrected chi connectivity index (χ4v) is 4.86. The summed E-state index contributed by atoms with van der Waals surface area (Å²) in [6.45, 7) is 6.86. The van der Waals surface area contributed by atoms with Crippen LogP contribution in [0.5, 0.6) is 0 Å². The molecule has 6 nitrogen and oxygen atoms in total. The quantitative estimate of drug-likeness (QED) is 0.410. The van der Waals surface area contributed by atoms with Gasteiger partial charge < -0.3 is 4.90 Å². The number of hydrogen-bond donors (Lipinski definition) is 0. The summed E-state index contributed by atoms with van der Waals surface area (Å²) in [6.07, 6.45) is -4.63. The first-order chi connectivity index (χ1) is 15.1. The second kappa shape index (κ2) is 8.09. The van der Waals surface area contributed by atoms with Gasteiger partial charge in [-0.3, -0.25) is 9.48 Å². The van der Waals surface area contributed by atoms with Crippen LogP contribution in [-0.2, 0) is 19.3 Å². The van der Waals surface area contributed by atoms with Crippen molar-refractivity contribution in [2.75, 3.05) is 7.05 Å². The lowest BCUT2D eigenvalue weighted by molar-refractivity contribution is -0.140. The van der Waals surface area contributed by atoms with Crippen LogP contribution in [0.25, 0.3) is 15.9 Å². The van der Waals surface area contributed by atoms with E-state index in [9.17, 15) is 18.0 Å². The molecule has 0 saturated carbocycles. The number of halogens is 3. The number of amides is 1. The molecule has 0 atom stereocenters. The van der Waals surface area contributed by atoms with Crippen LogP contribution in [0.2, 0.25) is 0 Å². The third-order valence-corrected chi connectivity index (χ3v) is 6.51. The van der Waals surface area contributed by atoms with E-state index in [0.717, 1.165) is 34.8 Å². The number of hydrogen-bond acceptors (Lipinski definition) is 4. The largest absolute Gasteiger partial charge is 0.435 e. The number of carbonyl (C=O) groups excluding carboxylic acids is 1. The summed E-state index contributed by atoms with van der Waals surface area (Å²) in [5, 5.41) is 8.20. The molecule has 0 aliphatic heterocycles. The van der Waals surface area contributed by atoms with Crippen molar-refractivity contribution in [3.63, 3.8) is 0 Å². The Morgan fingerprint density at radius 1 is 1.16 bits per heavy atom. The lowest BCUT2D eigenvalue weighted by atomic mass is 10.2. The molecule has 3 aromatic heterocycles. The minimum absolute atomic E-state index is 0.0748. The van der Waals surface area contributed by atoms with Gasteiger partial charge in [0.15, 0.2) is 5.69 Å². The maximum Gasteiger partial charge on any atom is 0.435 e. The van der Waals surface area contributed by atoms with Crippen LogP contribution in [0.15, 0.2) is 36.4 Å². The van der Waals surface area contributed by atoms with E-state index >= 15 is 0 Å². The standard InChI is InChI=1S/C22H22F3N5OS/c1-5-29-14(3)17(13(2)26-29)12-28(4)20(31)18-11-16-19(22(23,24)25)27-30(21(16)32-18)15-9-7-6-8-10-15/h6-11H,5,12H2,1-4H3. The maximum absolute atomic E-state index is 13.7. The molecular formula is C22H22F3N5OS. The topological polar surface area (TPSA) is 56.0 Å². The number of aryl methyl sites for hydroxylation is 2. The van der Waals surface area contributed by atoms with Crippen LogP contribution in [0.1, 0.15) is 39.2 Å². The summed E-state index contributed by atoms with van der Waals surface area (Å²) in [6, 6.07) is 9.88. The minimum Gasteiger partial charge on any atom is -0.337 e. The zero-order chi connectivity index (χ0) is 23.2. The van der Waals surface area contributed by atoms with Gasteiger partial charge in [0.25, 0.3) is 5.91 Å². The van der Waals surface area contributed by atoms with Crippen LogP contribution >= 0.6 is 11.3 Å². The number of rotatable bonds is 5. The first-order valence-corrected chi connectivity index (χ1v) is 10.9. The van der Waals surface area contributed by atoms with Crippen molar-refractivity contribution < 1.29 is 18.0 Å². The Labute approximate surface area is 186 Å². The number of aromatic nitrogens is 4. The predicted octanol–water partition coefficient (Wildman–Crippen LogP) is 5.21. The number of alkyl halides is 3. The monoisotopic (exact) mass is 461 g/mol. The number of carbonyl (C=O) groups is 1. The van der Waals surface area contributed by atoms with Crippen LogP contribution in [0.3, 0.4) is 0 Å². The maximum atomic E-state index is 13.7. The molecule has 0 fully saturated rings. The van der Waals surface area contributed by atoms with E-state index in [0.29, 0.717) is 12.2 Å². The Hall–Kier alpha value is -3.14. The molecule has 0 radical (unpaired) electrons. The number of fused-ring (bicyclic) bond motifs is 1. The first kappa shape index (κ1) is 22.1. The molecule has 3 heterocycles. The summed E-state index contributed by atoms with van der Waals surface area (Å²) in [7, 11) is 1.64. The van der Waals surface area contributed by atoms with Crippen LogP contribution < -0.4 is 0 Å². The smallest absolute Gasteiger partial charge is 0.337 e. The van der Waals surface area contributed by atoms with E-state index in [2.05, 4.69) is 10.2 Å². The first-order valence-electron chi connectivity index (χ1n) is 10.0. The van der Waals surface area contributed by atoms with Gasteiger partial charge >= 0.3 is 6.18 Å². The van der Waals surface area contributed by atoms with Crippen molar-refractivity contribution in [2.45, 2.75) is 40.0 Å². The van der Waals surface area contributed by atoms with E-state index in [4.69, 9.17) is 0 Å². The SMILES string of the molecule is CCn1nc(C)c(CN(C)C(=O)c2cc3c(C(F)(F)F)nn(-c4ccccc4)c3s2)c1C. The number of para-hydroxylation sites is 1. The highest BCUT2D eigenvalue weighted by Crippen LogP contribution is 2.39. The zero-order valence-corrected chi connectivity index (χ0v) is 18.9. The van der Waals surface area contributed by atoms with E-state index in [1.54, 1.807) is 37.4 Å². The summed E-state index contributed by atoms with van der Waals surface area (Å²) in [5.74, 6) is -0.345. The highest BCUT2D eigenvalue weighted by atomic mass is 32.1. The molecule has 168 valence electrons. The highest BCUT2D eigenvalue weighted by Gasteiger charge is 2.38. The van der Waals surface area contributed by atoms with E-state index in [1.165, 1.54) is 15.6 Å². The summed E-state index contributed by atoms with van der Waals surface area (Å²) in [4.78, 5) is 15.1. The fourth-order valence-electron chi connectivity index (χ4n) is 3.73. The van der Waals surface area contributed by atoms with Crippen molar-refractivity contribution in [2.24, 2.45) is 0 Å². The Bertz CT molecular complexity index is 1290. The molecule has 4 rings (SSSR count). The number of benzene rings is 1. The van der Waals surface area contributed by atoms with Gasteiger partial charge in [-0.25, -0.2) is 4.68 Å². The molecule has 0 saturated heterocycles. The average molecular weight is 462 g/mol. The van der Waals surface area contributed by atoms with Gasteiger partial charge in [0.1, 0.15) is 4.83 Å². The number of nitrogens with zero attached hydrogens (tertiary/aromatic N) is 5. The molecule has 1 aromatic carbocycles. The lowest BCUT2D eigenvalue weighted by Gasteiger charge is -2.16. The van der Waals surface area contributed by atoms with E-state index < -0.39 is 11.9 Å². The predicted molar refractivity (Wildman–Crippen MR) is 117 cm³/mol. The van der Waals surface area contributed by atoms with Crippen LogP contribution in [-0.4, -0.2) is 37.4 Å². The molecule has 0 bridgehead atoms. The molecule has 32 heavy (non-hydrogen) atoms. The Morgan fingerprint density at radius 3 is 2.44 bits per heavy atom. The molecule has 0 N–H and O–H groups in total.